The predicted molar refractivity (Wildman–Crippen MR) is 180 cm³/mol. The second-order valence-corrected chi connectivity index (χ2v) is 13.0. The number of phenolic OH excluding ortho intramolecular Hbond substituents is 1. The number of hydrogen-bond donors (Lipinski definition) is 2. The first-order valence-corrected chi connectivity index (χ1v) is 16.6. The maximum Gasteiger partial charge on any atom is 0.256 e. The minimum absolute atomic E-state index is 0.0683. The van der Waals surface area contributed by atoms with Gasteiger partial charge in [0.25, 0.3) is 5.91 Å². The average molecular weight is 644 g/mol. The number of benzene rings is 4. The van der Waals surface area contributed by atoms with Gasteiger partial charge in [0, 0.05) is 28.4 Å². The summed E-state index contributed by atoms with van der Waals surface area (Å²) in [6, 6.07) is 30.8. The summed E-state index contributed by atoms with van der Waals surface area (Å²) in [7, 11) is 0. The largest absolute Gasteiger partial charge is 0.508 e. The Kier molecular flexibility index (Phi) is 8.30. The summed E-state index contributed by atoms with van der Waals surface area (Å²) in [6.45, 7) is 0.220. The molecule has 0 radical (unpaired) electrons. The van der Waals surface area contributed by atoms with Crippen LogP contribution in [0.1, 0.15) is 39.4 Å². The average Bonchev–Trinajstić information content (AvgIpc) is 3.81. The molecule has 0 spiro atoms. The number of carbonyl (C=O) groups excluding carboxylic acids is 4. The lowest BCUT2D eigenvalue weighted by molar-refractivity contribution is -0.140. The van der Waals surface area contributed by atoms with Gasteiger partial charge in [0.05, 0.1) is 24.1 Å². The van der Waals surface area contributed by atoms with Crippen LogP contribution >= 0.6 is 11.3 Å². The number of rotatable bonds is 8. The van der Waals surface area contributed by atoms with Gasteiger partial charge in [0.15, 0.2) is 5.78 Å². The van der Waals surface area contributed by atoms with E-state index in [1.165, 1.54) is 11.3 Å². The van der Waals surface area contributed by atoms with Crippen molar-refractivity contribution in [3.05, 3.63) is 137 Å². The van der Waals surface area contributed by atoms with Crippen LogP contribution in [-0.4, -0.2) is 69.6 Å². The Morgan fingerprint density at radius 1 is 0.830 bits per heavy atom. The normalized spacial score (nSPS) is 18.0. The molecule has 236 valence electrons. The first-order valence-electron chi connectivity index (χ1n) is 15.7. The van der Waals surface area contributed by atoms with E-state index in [-0.39, 0.29) is 48.8 Å². The number of fused-ring (bicyclic) bond motifs is 2. The molecule has 3 amide bonds. The molecule has 2 aliphatic rings. The number of amides is 3. The second kappa shape index (κ2) is 12.8. The van der Waals surface area contributed by atoms with Crippen molar-refractivity contribution in [2.45, 2.75) is 36.9 Å². The molecule has 3 heterocycles. The highest BCUT2D eigenvalue weighted by Gasteiger charge is 2.52. The SMILES string of the molecule is O=C(NC(Cc1ccc(O)cc1)C(=O)N1CCC2C1C(=O)CN2C(=O)c1csc2ccccc12)C(c1ccccc1)c1ccccc1. The Morgan fingerprint density at radius 3 is 2.15 bits per heavy atom. The summed E-state index contributed by atoms with van der Waals surface area (Å²) in [5, 5.41) is 15.6. The van der Waals surface area contributed by atoms with Gasteiger partial charge >= 0.3 is 0 Å². The van der Waals surface area contributed by atoms with Crippen molar-refractivity contribution in [3.63, 3.8) is 0 Å². The zero-order valence-electron chi connectivity index (χ0n) is 25.5. The molecule has 7 rings (SSSR count). The summed E-state index contributed by atoms with van der Waals surface area (Å²) in [5.74, 6) is -1.68. The molecule has 2 fully saturated rings. The van der Waals surface area contributed by atoms with Crippen molar-refractivity contribution in [1.29, 1.82) is 0 Å². The summed E-state index contributed by atoms with van der Waals surface area (Å²) in [4.78, 5) is 59.1. The van der Waals surface area contributed by atoms with Crippen molar-refractivity contribution in [3.8, 4) is 5.75 Å². The number of phenols is 1. The van der Waals surface area contributed by atoms with E-state index in [1.807, 2.05) is 90.3 Å². The number of aromatic hydroxyl groups is 1. The lowest BCUT2D eigenvalue weighted by Crippen LogP contribution is -2.54. The van der Waals surface area contributed by atoms with Gasteiger partial charge < -0.3 is 20.2 Å². The van der Waals surface area contributed by atoms with Gasteiger partial charge in [-0.25, -0.2) is 0 Å². The van der Waals surface area contributed by atoms with E-state index in [1.54, 1.807) is 34.1 Å². The number of likely N-dealkylation sites (tertiary alicyclic amines) is 2. The number of ketones is 1. The van der Waals surface area contributed by atoms with Crippen molar-refractivity contribution >= 4 is 44.9 Å². The van der Waals surface area contributed by atoms with Crippen LogP contribution < -0.4 is 5.32 Å². The van der Waals surface area contributed by atoms with Crippen LogP contribution in [0.4, 0.5) is 0 Å². The lowest BCUT2D eigenvalue weighted by atomic mass is 9.90. The molecular weight excluding hydrogens is 611 g/mol. The highest BCUT2D eigenvalue weighted by atomic mass is 32.1. The fourth-order valence-electron chi connectivity index (χ4n) is 6.95. The zero-order chi connectivity index (χ0) is 32.5. The van der Waals surface area contributed by atoms with Crippen LogP contribution in [0.2, 0.25) is 0 Å². The van der Waals surface area contributed by atoms with Gasteiger partial charge in [-0.15, -0.1) is 11.3 Å². The van der Waals surface area contributed by atoms with Crippen LogP contribution in [0.3, 0.4) is 0 Å². The van der Waals surface area contributed by atoms with Crippen LogP contribution in [0.25, 0.3) is 10.1 Å². The van der Waals surface area contributed by atoms with Crippen LogP contribution in [-0.2, 0) is 20.8 Å². The van der Waals surface area contributed by atoms with E-state index < -0.39 is 24.0 Å². The van der Waals surface area contributed by atoms with E-state index in [0.29, 0.717) is 12.0 Å². The number of hydrogen-bond acceptors (Lipinski definition) is 6. The lowest BCUT2D eigenvalue weighted by Gasteiger charge is -2.29. The van der Waals surface area contributed by atoms with Gasteiger partial charge in [-0.1, -0.05) is 91.0 Å². The number of nitrogens with one attached hydrogen (secondary N) is 1. The Hall–Kier alpha value is -5.28. The number of nitrogens with zero attached hydrogens (tertiary/aromatic N) is 2. The summed E-state index contributed by atoms with van der Waals surface area (Å²) < 4.78 is 0.998. The third kappa shape index (κ3) is 5.90. The highest BCUT2D eigenvalue weighted by Crippen LogP contribution is 2.34. The van der Waals surface area contributed by atoms with Crippen molar-refractivity contribution < 1.29 is 24.3 Å². The molecule has 3 atom stereocenters. The predicted octanol–water partition coefficient (Wildman–Crippen LogP) is 5.16. The molecule has 9 heteroatoms. The smallest absolute Gasteiger partial charge is 0.256 e. The molecule has 0 bridgehead atoms. The van der Waals surface area contributed by atoms with Crippen molar-refractivity contribution in [2.24, 2.45) is 0 Å². The third-order valence-corrected chi connectivity index (χ3v) is 10.2. The standard InChI is InChI=1S/C38H33N3O5S/c42-27-17-15-24(16-18-27)21-30(39-36(44)34(25-9-3-1-4-10-25)26-11-5-2-6-12-26)38(46)40-20-19-31-35(40)32(43)22-41(31)37(45)29-23-47-33-14-8-7-13-28(29)33/h1-18,23,30-31,34-35,42H,19-22H2,(H,39,44). The van der Waals surface area contributed by atoms with Gasteiger partial charge in [-0.2, -0.15) is 0 Å². The molecule has 2 saturated heterocycles. The quantitative estimate of drug-likeness (QED) is 0.243. The van der Waals surface area contributed by atoms with Gasteiger partial charge in [-0.3, -0.25) is 19.2 Å². The van der Waals surface area contributed by atoms with Crippen molar-refractivity contribution in [2.75, 3.05) is 13.1 Å². The number of Topliss-reactive ketones (excluding diaryl/α,β-unsaturated/α-hetero) is 1. The summed E-state index contributed by atoms with van der Waals surface area (Å²) in [6.07, 6.45) is 0.624. The first kappa shape index (κ1) is 30.4. The van der Waals surface area contributed by atoms with Gasteiger partial charge in [0.1, 0.15) is 17.8 Å². The highest BCUT2D eigenvalue weighted by molar-refractivity contribution is 7.17. The summed E-state index contributed by atoms with van der Waals surface area (Å²) in [5.41, 5.74) is 2.88. The summed E-state index contributed by atoms with van der Waals surface area (Å²) >= 11 is 1.49. The van der Waals surface area contributed by atoms with E-state index in [0.717, 1.165) is 26.8 Å². The molecule has 2 N–H and O–H groups in total. The molecule has 0 saturated carbocycles. The third-order valence-electron chi connectivity index (χ3n) is 9.20. The molecule has 8 nitrogen and oxygen atoms in total. The fraction of sp³-hybridized carbons (Fsp3) is 0.211. The van der Waals surface area contributed by atoms with E-state index >= 15 is 0 Å². The molecule has 4 aromatic carbocycles. The van der Waals surface area contributed by atoms with Crippen LogP contribution in [0.5, 0.6) is 5.75 Å². The fourth-order valence-corrected chi connectivity index (χ4v) is 7.88. The Labute approximate surface area is 276 Å². The monoisotopic (exact) mass is 643 g/mol. The van der Waals surface area contributed by atoms with Crippen molar-refractivity contribution in [1.82, 2.24) is 15.1 Å². The van der Waals surface area contributed by atoms with Gasteiger partial charge in [-0.05, 0) is 41.3 Å². The van der Waals surface area contributed by atoms with E-state index in [9.17, 15) is 24.3 Å². The Balaban J connectivity index is 1.17. The topological polar surface area (TPSA) is 107 Å². The van der Waals surface area contributed by atoms with Crippen LogP contribution in [0, 0.1) is 0 Å². The van der Waals surface area contributed by atoms with E-state index in [4.69, 9.17) is 0 Å². The molecule has 3 unspecified atom stereocenters. The van der Waals surface area contributed by atoms with E-state index in [2.05, 4.69) is 5.32 Å². The molecule has 5 aromatic rings. The second-order valence-electron chi connectivity index (χ2n) is 12.1. The molecule has 0 aliphatic carbocycles. The minimum Gasteiger partial charge on any atom is -0.508 e. The molecule has 2 aliphatic heterocycles. The maximum absolute atomic E-state index is 14.4. The Bertz CT molecular complexity index is 1900. The number of carbonyl (C=O) groups is 4. The van der Waals surface area contributed by atoms with Crippen LogP contribution in [0.15, 0.2) is 115 Å². The van der Waals surface area contributed by atoms with Gasteiger partial charge in [0.2, 0.25) is 11.8 Å². The Morgan fingerprint density at radius 2 is 1.47 bits per heavy atom. The number of thiophene rings is 1. The first-order chi connectivity index (χ1) is 22.9. The molecular formula is C38H33N3O5S. The maximum atomic E-state index is 14.4. The molecule has 47 heavy (non-hydrogen) atoms. The zero-order valence-corrected chi connectivity index (χ0v) is 26.3. The minimum atomic E-state index is -0.987. The molecule has 1 aromatic heterocycles.